The summed E-state index contributed by atoms with van der Waals surface area (Å²) in [6, 6.07) is 0. The van der Waals surface area contributed by atoms with Crippen molar-refractivity contribution in [1.29, 1.82) is 0 Å². The molecular weight excluding hydrogens is 236 g/mol. The van der Waals surface area contributed by atoms with Crippen LogP contribution in [0.15, 0.2) is 0 Å². The molecule has 1 atom stereocenters. The molecule has 1 saturated heterocycles. The molecule has 1 aliphatic carbocycles. The molecule has 1 heterocycles. The Kier molecular flexibility index (Phi) is 5.27. The minimum Gasteiger partial charge on any atom is -0.380 e. The van der Waals surface area contributed by atoms with Crippen molar-refractivity contribution in [1.82, 2.24) is 10.2 Å². The number of nitrogens with zero attached hydrogens (tertiary/aromatic N) is 1. The van der Waals surface area contributed by atoms with Gasteiger partial charge in [-0.2, -0.15) is 0 Å². The highest BCUT2D eigenvalue weighted by Gasteiger charge is 2.44. The van der Waals surface area contributed by atoms with Gasteiger partial charge in [0.2, 0.25) is 0 Å². The monoisotopic (exact) mass is 268 g/mol. The van der Waals surface area contributed by atoms with E-state index in [1.165, 1.54) is 45.1 Å². The van der Waals surface area contributed by atoms with E-state index in [1.807, 2.05) is 0 Å². The summed E-state index contributed by atoms with van der Waals surface area (Å²) in [5.74, 6) is 0. The normalized spacial score (nSPS) is 31.7. The predicted molar refractivity (Wildman–Crippen MR) is 80.6 cm³/mol. The molecule has 112 valence electrons. The Bertz CT molecular complexity index is 276. The smallest absolute Gasteiger partial charge is 0.0593 e. The lowest BCUT2D eigenvalue weighted by Crippen LogP contribution is -2.69. The zero-order valence-electron chi connectivity index (χ0n) is 13.1. The first-order chi connectivity index (χ1) is 9.14. The van der Waals surface area contributed by atoms with Crippen LogP contribution in [-0.2, 0) is 4.74 Å². The predicted octanol–water partition coefficient (Wildman–Crippen LogP) is 2.80. The van der Waals surface area contributed by atoms with Crippen LogP contribution in [0.3, 0.4) is 0 Å². The molecule has 1 N–H and O–H groups in total. The third-order valence-electron chi connectivity index (χ3n) is 5.38. The summed E-state index contributed by atoms with van der Waals surface area (Å²) in [7, 11) is 0. The maximum Gasteiger partial charge on any atom is 0.0593 e. The van der Waals surface area contributed by atoms with Crippen LogP contribution in [0.25, 0.3) is 0 Å². The second kappa shape index (κ2) is 6.55. The van der Waals surface area contributed by atoms with Gasteiger partial charge in [0.15, 0.2) is 0 Å². The second-order valence-electron chi connectivity index (χ2n) is 6.66. The molecule has 2 rings (SSSR count). The molecule has 0 bridgehead atoms. The van der Waals surface area contributed by atoms with Gasteiger partial charge in [0.1, 0.15) is 0 Å². The average molecular weight is 268 g/mol. The van der Waals surface area contributed by atoms with Crippen molar-refractivity contribution in [3.05, 3.63) is 0 Å². The first-order valence-electron chi connectivity index (χ1n) is 8.22. The molecule has 1 spiro atoms. The van der Waals surface area contributed by atoms with Crippen molar-refractivity contribution in [3.63, 3.8) is 0 Å². The lowest BCUT2D eigenvalue weighted by Gasteiger charge is -2.54. The van der Waals surface area contributed by atoms with Crippen molar-refractivity contribution in [3.8, 4) is 0 Å². The topological polar surface area (TPSA) is 24.5 Å². The quantitative estimate of drug-likeness (QED) is 0.776. The summed E-state index contributed by atoms with van der Waals surface area (Å²) in [5, 5.41) is 3.91. The van der Waals surface area contributed by atoms with Crippen LogP contribution in [0.1, 0.15) is 59.3 Å². The van der Waals surface area contributed by atoms with E-state index in [1.54, 1.807) is 0 Å². The van der Waals surface area contributed by atoms with Gasteiger partial charge in [0.05, 0.1) is 6.61 Å². The minimum atomic E-state index is 0.305. The van der Waals surface area contributed by atoms with E-state index in [0.717, 1.165) is 26.3 Å². The summed E-state index contributed by atoms with van der Waals surface area (Å²) >= 11 is 0. The Morgan fingerprint density at radius 3 is 2.53 bits per heavy atom. The number of hydrogen-bond donors (Lipinski definition) is 1. The molecule has 3 heteroatoms. The Hall–Kier alpha value is -0.120. The van der Waals surface area contributed by atoms with E-state index in [2.05, 4.69) is 31.0 Å². The van der Waals surface area contributed by atoms with Crippen LogP contribution in [0, 0.1) is 0 Å². The van der Waals surface area contributed by atoms with E-state index in [9.17, 15) is 0 Å². The molecule has 1 saturated carbocycles. The Labute approximate surface area is 119 Å². The molecule has 0 amide bonds. The maximum absolute atomic E-state index is 5.59. The SMILES string of the molecule is CCOCCN1CC2(CCCCC2)NCC1(C)CC. The number of piperazine rings is 1. The van der Waals surface area contributed by atoms with Crippen molar-refractivity contribution < 1.29 is 4.74 Å². The van der Waals surface area contributed by atoms with Crippen LogP contribution in [0.4, 0.5) is 0 Å². The molecule has 0 aromatic carbocycles. The Morgan fingerprint density at radius 1 is 1.16 bits per heavy atom. The van der Waals surface area contributed by atoms with Gasteiger partial charge < -0.3 is 10.1 Å². The average Bonchev–Trinajstić information content (AvgIpc) is 2.44. The lowest BCUT2D eigenvalue weighted by molar-refractivity contribution is -0.0184. The Morgan fingerprint density at radius 2 is 1.89 bits per heavy atom. The summed E-state index contributed by atoms with van der Waals surface area (Å²) in [4.78, 5) is 2.70. The molecule has 2 fully saturated rings. The van der Waals surface area contributed by atoms with Crippen LogP contribution < -0.4 is 5.32 Å². The van der Waals surface area contributed by atoms with Crippen LogP contribution in [0.5, 0.6) is 0 Å². The van der Waals surface area contributed by atoms with Crippen molar-refractivity contribution in [2.45, 2.75) is 70.4 Å². The van der Waals surface area contributed by atoms with E-state index in [0.29, 0.717) is 11.1 Å². The van der Waals surface area contributed by atoms with E-state index in [4.69, 9.17) is 4.74 Å². The van der Waals surface area contributed by atoms with Crippen molar-refractivity contribution in [2.75, 3.05) is 32.8 Å². The van der Waals surface area contributed by atoms with E-state index in [-0.39, 0.29) is 0 Å². The fourth-order valence-corrected chi connectivity index (χ4v) is 3.68. The van der Waals surface area contributed by atoms with Gasteiger partial charge in [-0.15, -0.1) is 0 Å². The second-order valence-corrected chi connectivity index (χ2v) is 6.66. The summed E-state index contributed by atoms with van der Waals surface area (Å²) in [5.41, 5.74) is 0.707. The first kappa shape index (κ1) is 15.3. The van der Waals surface area contributed by atoms with E-state index < -0.39 is 0 Å². The van der Waals surface area contributed by atoms with Crippen LogP contribution >= 0.6 is 0 Å². The molecule has 0 aromatic rings. The van der Waals surface area contributed by atoms with Crippen molar-refractivity contribution in [2.24, 2.45) is 0 Å². The summed E-state index contributed by atoms with van der Waals surface area (Å²) in [6.07, 6.45) is 8.15. The highest BCUT2D eigenvalue weighted by molar-refractivity contribution is 5.04. The van der Waals surface area contributed by atoms with Gasteiger partial charge in [-0.1, -0.05) is 26.2 Å². The molecule has 0 aromatic heterocycles. The zero-order valence-corrected chi connectivity index (χ0v) is 13.1. The number of nitrogens with one attached hydrogen (secondary N) is 1. The minimum absolute atomic E-state index is 0.305. The molecular formula is C16H32N2O. The van der Waals surface area contributed by atoms with Gasteiger partial charge in [0, 0.05) is 37.3 Å². The summed E-state index contributed by atoms with van der Waals surface area (Å²) in [6.45, 7) is 11.9. The zero-order chi connectivity index (χ0) is 13.8. The highest BCUT2D eigenvalue weighted by atomic mass is 16.5. The van der Waals surface area contributed by atoms with Crippen molar-refractivity contribution >= 4 is 0 Å². The maximum atomic E-state index is 5.59. The number of rotatable bonds is 5. The molecule has 3 nitrogen and oxygen atoms in total. The molecule has 1 unspecified atom stereocenters. The van der Waals surface area contributed by atoms with Gasteiger partial charge in [-0.25, -0.2) is 0 Å². The Balaban J connectivity index is 1.99. The highest BCUT2D eigenvalue weighted by Crippen LogP contribution is 2.35. The van der Waals surface area contributed by atoms with Crippen LogP contribution in [-0.4, -0.2) is 48.8 Å². The standard InChI is InChI=1S/C16H32N2O/c1-4-15(3)13-17-16(9-7-6-8-10-16)14-18(15)11-12-19-5-2/h17H,4-14H2,1-3H3. The van der Waals surface area contributed by atoms with Gasteiger partial charge in [-0.3, -0.25) is 4.90 Å². The molecule has 1 aliphatic heterocycles. The fourth-order valence-electron chi connectivity index (χ4n) is 3.68. The lowest BCUT2D eigenvalue weighted by atomic mass is 9.77. The first-order valence-corrected chi connectivity index (χ1v) is 8.22. The number of ether oxygens (including phenoxy) is 1. The molecule has 0 radical (unpaired) electrons. The fraction of sp³-hybridized carbons (Fsp3) is 1.00. The molecule has 2 aliphatic rings. The van der Waals surface area contributed by atoms with E-state index >= 15 is 0 Å². The molecule has 19 heavy (non-hydrogen) atoms. The van der Waals surface area contributed by atoms with Gasteiger partial charge in [-0.05, 0) is 33.1 Å². The number of hydrogen-bond acceptors (Lipinski definition) is 3. The largest absolute Gasteiger partial charge is 0.380 e. The van der Waals surface area contributed by atoms with Crippen LogP contribution in [0.2, 0.25) is 0 Å². The van der Waals surface area contributed by atoms with Gasteiger partial charge >= 0.3 is 0 Å². The third-order valence-corrected chi connectivity index (χ3v) is 5.38. The third kappa shape index (κ3) is 3.50. The summed E-state index contributed by atoms with van der Waals surface area (Å²) < 4.78 is 5.59. The van der Waals surface area contributed by atoms with Gasteiger partial charge in [0.25, 0.3) is 0 Å².